The fourth-order valence-electron chi connectivity index (χ4n) is 0.884. The van der Waals surface area contributed by atoms with Crippen LogP contribution in [-0.4, -0.2) is 7.11 Å². The van der Waals surface area contributed by atoms with E-state index in [2.05, 4.69) is 15.9 Å². The summed E-state index contributed by atoms with van der Waals surface area (Å²) < 4.78 is 5.75. The van der Waals surface area contributed by atoms with Gasteiger partial charge in [-0.25, -0.2) is 0 Å². The van der Waals surface area contributed by atoms with Crippen molar-refractivity contribution in [3.63, 3.8) is 0 Å². The highest BCUT2D eigenvalue weighted by atomic mass is 79.9. The van der Waals surface area contributed by atoms with Crippen molar-refractivity contribution in [1.82, 2.24) is 0 Å². The van der Waals surface area contributed by atoms with Crippen molar-refractivity contribution in [3.05, 3.63) is 26.1 Å². The van der Waals surface area contributed by atoms with Crippen LogP contribution in [0.3, 0.4) is 0 Å². The quantitative estimate of drug-likeness (QED) is 0.699. The lowest BCUT2D eigenvalue weighted by Crippen LogP contribution is -1.88. The predicted molar refractivity (Wildman–Crippen MR) is 55.5 cm³/mol. The van der Waals surface area contributed by atoms with Gasteiger partial charge < -0.3 is 4.74 Å². The molecule has 0 aliphatic rings. The summed E-state index contributed by atoms with van der Waals surface area (Å²) in [5.41, 5.74) is 0.925. The standard InChI is InChI=1S/C8H7BrCl2O/c1-4-3-5(10)8(12-2)6(9)7(4)11/h3H,1-2H3. The van der Waals surface area contributed by atoms with E-state index in [1.54, 1.807) is 13.2 Å². The molecule has 1 nitrogen and oxygen atoms in total. The monoisotopic (exact) mass is 268 g/mol. The minimum Gasteiger partial charge on any atom is -0.494 e. The van der Waals surface area contributed by atoms with Crippen molar-refractivity contribution in [1.29, 1.82) is 0 Å². The van der Waals surface area contributed by atoms with Gasteiger partial charge in [-0.1, -0.05) is 23.2 Å². The second-order valence-corrected chi connectivity index (χ2v) is 3.91. The number of methoxy groups -OCH3 is 1. The molecular formula is C8H7BrCl2O. The molecule has 12 heavy (non-hydrogen) atoms. The van der Waals surface area contributed by atoms with Gasteiger partial charge in [0, 0.05) is 0 Å². The van der Waals surface area contributed by atoms with E-state index in [1.807, 2.05) is 6.92 Å². The van der Waals surface area contributed by atoms with E-state index in [1.165, 1.54) is 0 Å². The van der Waals surface area contributed by atoms with Crippen molar-refractivity contribution in [2.75, 3.05) is 7.11 Å². The minimum atomic E-state index is 0.561. The van der Waals surface area contributed by atoms with Crippen LogP contribution < -0.4 is 4.74 Å². The molecule has 0 radical (unpaired) electrons. The first-order valence-electron chi connectivity index (χ1n) is 3.26. The summed E-state index contributed by atoms with van der Waals surface area (Å²) in [5, 5.41) is 1.20. The smallest absolute Gasteiger partial charge is 0.153 e. The van der Waals surface area contributed by atoms with Crippen molar-refractivity contribution >= 4 is 39.1 Å². The Hall–Kier alpha value is 0.0800. The third-order valence-electron chi connectivity index (χ3n) is 1.50. The molecule has 0 aliphatic heterocycles. The average Bonchev–Trinajstić information content (AvgIpc) is 2.01. The van der Waals surface area contributed by atoms with Crippen LogP contribution in [0, 0.1) is 6.92 Å². The van der Waals surface area contributed by atoms with Gasteiger partial charge in [-0.2, -0.15) is 0 Å². The van der Waals surface area contributed by atoms with E-state index >= 15 is 0 Å². The van der Waals surface area contributed by atoms with Gasteiger partial charge in [-0.15, -0.1) is 0 Å². The fourth-order valence-corrected chi connectivity index (χ4v) is 2.16. The van der Waals surface area contributed by atoms with Crippen molar-refractivity contribution < 1.29 is 4.74 Å². The molecule has 0 spiro atoms. The first kappa shape index (κ1) is 10.2. The lowest BCUT2D eigenvalue weighted by atomic mass is 10.2. The molecule has 0 aromatic heterocycles. The molecule has 1 aromatic carbocycles. The van der Waals surface area contributed by atoms with Crippen LogP contribution in [0.15, 0.2) is 10.5 Å². The van der Waals surface area contributed by atoms with Gasteiger partial charge in [-0.05, 0) is 34.5 Å². The number of aryl methyl sites for hydroxylation is 1. The molecule has 1 aromatic rings. The Bertz CT molecular complexity index is 312. The highest BCUT2D eigenvalue weighted by Gasteiger charge is 2.11. The Morgan fingerprint density at radius 1 is 1.42 bits per heavy atom. The van der Waals surface area contributed by atoms with Gasteiger partial charge in [0.25, 0.3) is 0 Å². The number of rotatable bonds is 1. The number of ether oxygens (including phenoxy) is 1. The van der Waals surface area contributed by atoms with Crippen LogP contribution in [0.2, 0.25) is 10.0 Å². The van der Waals surface area contributed by atoms with E-state index in [0.29, 0.717) is 20.3 Å². The first-order valence-corrected chi connectivity index (χ1v) is 4.81. The minimum absolute atomic E-state index is 0.561. The summed E-state index contributed by atoms with van der Waals surface area (Å²) in [7, 11) is 1.55. The molecule has 1 rings (SSSR count). The highest BCUT2D eigenvalue weighted by Crippen LogP contribution is 2.40. The number of hydrogen-bond donors (Lipinski definition) is 0. The average molecular weight is 270 g/mol. The van der Waals surface area contributed by atoms with Crippen LogP contribution in [0.25, 0.3) is 0 Å². The number of halogens is 3. The maximum absolute atomic E-state index is 5.95. The molecule has 4 heteroatoms. The Kier molecular flexibility index (Phi) is 3.27. The first-order chi connectivity index (χ1) is 5.57. The second kappa shape index (κ2) is 3.86. The Labute approximate surface area is 89.7 Å². The van der Waals surface area contributed by atoms with Gasteiger partial charge >= 0.3 is 0 Å². The van der Waals surface area contributed by atoms with E-state index in [-0.39, 0.29) is 0 Å². The molecule has 0 fully saturated rings. The van der Waals surface area contributed by atoms with Crippen LogP contribution >= 0.6 is 39.1 Å². The molecule has 0 atom stereocenters. The van der Waals surface area contributed by atoms with Gasteiger partial charge in [-0.3, -0.25) is 0 Å². The lowest BCUT2D eigenvalue weighted by molar-refractivity contribution is 0.412. The molecule has 0 heterocycles. The zero-order chi connectivity index (χ0) is 9.30. The molecule has 0 saturated carbocycles. The highest BCUT2D eigenvalue weighted by molar-refractivity contribution is 9.10. The maximum atomic E-state index is 5.95. The summed E-state index contributed by atoms with van der Waals surface area (Å²) >= 11 is 15.1. The lowest BCUT2D eigenvalue weighted by Gasteiger charge is -2.08. The molecule has 66 valence electrons. The second-order valence-electron chi connectivity index (χ2n) is 2.34. The topological polar surface area (TPSA) is 9.23 Å². The third kappa shape index (κ3) is 1.70. The summed E-state index contributed by atoms with van der Waals surface area (Å²) in [4.78, 5) is 0. The van der Waals surface area contributed by atoms with Crippen LogP contribution in [0.4, 0.5) is 0 Å². The molecule has 0 unspecified atom stereocenters. The van der Waals surface area contributed by atoms with Gasteiger partial charge in [0.15, 0.2) is 5.75 Å². The summed E-state index contributed by atoms with van der Waals surface area (Å²) in [6.45, 7) is 1.89. The Morgan fingerprint density at radius 3 is 2.50 bits per heavy atom. The van der Waals surface area contributed by atoms with E-state index in [4.69, 9.17) is 27.9 Å². The molecule has 0 aliphatic carbocycles. The largest absolute Gasteiger partial charge is 0.494 e. The molecule has 0 saturated heterocycles. The Balaban J connectivity index is 3.40. The van der Waals surface area contributed by atoms with Crippen molar-refractivity contribution in [2.24, 2.45) is 0 Å². The normalized spacial score (nSPS) is 10.1. The van der Waals surface area contributed by atoms with Crippen LogP contribution in [0.1, 0.15) is 5.56 Å². The maximum Gasteiger partial charge on any atom is 0.153 e. The molecular weight excluding hydrogens is 263 g/mol. The van der Waals surface area contributed by atoms with Crippen LogP contribution in [0.5, 0.6) is 5.75 Å². The SMILES string of the molecule is COc1c(Cl)cc(C)c(Cl)c1Br. The van der Waals surface area contributed by atoms with E-state index in [9.17, 15) is 0 Å². The Morgan fingerprint density at radius 2 is 2.00 bits per heavy atom. The molecule has 0 bridgehead atoms. The fraction of sp³-hybridized carbons (Fsp3) is 0.250. The van der Waals surface area contributed by atoms with Gasteiger partial charge in [0.1, 0.15) is 0 Å². The van der Waals surface area contributed by atoms with Crippen molar-refractivity contribution in [2.45, 2.75) is 6.92 Å². The number of benzene rings is 1. The predicted octanol–water partition coefficient (Wildman–Crippen LogP) is 4.07. The van der Waals surface area contributed by atoms with E-state index < -0.39 is 0 Å². The molecule has 0 amide bonds. The summed E-state index contributed by atoms with van der Waals surface area (Å²) in [5.74, 6) is 0.576. The van der Waals surface area contributed by atoms with Gasteiger partial charge in [0.2, 0.25) is 0 Å². The van der Waals surface area contributed by atoms with Crippen molar-refractivity contribution in [3.8, 4) is 5.75 Å². The zero-order valence-corrected chi connectivity index (χ0v) is 9.72. The summed E-state index contributed by atoms with van der Waals surface area (Å²) in [6, 6.07) is 1.77. The van der Waals surface area contributed by atoms with Crippen LogP contribution in [-0.2, 0) is 0 Å². The third-order valence-corrected chi connectivity index (χ3v) is 3.26. The van der Waals surface area contributed by atoms with Gasteiger partial charge in [0.05, 0.1) is 21.6 Å². The molecule has 0 N–H and O–H groups in total. The van der Waals surface area contributed by atoms with E-state index in [0.717, 1.165) is 5.56 Å². The zero-order valence-electron chi connectivity index (χ0n) is 6.62. The number of hydrogen-bond acceptors (Lipinski definition) is 1. The summed E-state index contributed by atoms with van der Waals surface area (Å²) in [6.07, 6.45) is 0.